The van der Waals surface area contributed by atoms with Crippen LogP contribution in [0.4, 0.5) is 4.39 Å². The Bertz CT molecular complexity index is 934. The second-order valence-electron chi connectivity index (χ2n) is 7.39. The molecule has 2 aromatic rings. The fourth-order valence-electron chi connectivity index (χ4n) is 3.05. The fraction of sp³-hybridized carbons (Fsp3) is 0.435. The summed E-state index contributed by atoms with van der Waals surface area (Å²) in [6.07, 6.45) is 3.93. The Morgan fingerprint density at radius 2 is 1.81 bits per heavy atom. The number of rotatable bonds is 12. The first-order valence-electron chi connectivity index (χ1n) is 10.4. The van der Waals surface area contributed by atoms with Gasteiger partial charge in [-0.15, -0.1) is 0 Å². The van der Waals surface area contributed by atoms with Gasteiger partial charge in [0.2, 0.25) is 0 Å². The molecule has 0 saturated heterocycles. The predicted molar refractivity (Wildman–Crippen MR) is 123 cm³/mol. The van der Waals surface area contributed by atoms with E-state index in [1.165, 1.54) is 30.0 Å². The predicted octanol–water partition coefficient (Wildman–Crippen LogP) is 3.07. The lowest BCUT2D eigenvalue weighted by molar-refractivity contribution is 0.133. The van der Waals surface area contributed by atoms with Gasteiger partial charge in [-0.3, -0.25) is 4.99 Å². The van der Waals surface area contributed by atoms with E-state index in [0.717, 1.165) is 25.8 Å². The molecule has 2 rings (SSSR count). The van der Waals surface area contributed by atoms with Gasteiger partial charge in [0.25, 0.3) is 0 Å². The van der Waals surface area contributed by atoms with Gasteiger partial charge < -0.3 is 15.4 Å². The highest BCUT2D eigenvalue weighted by Crippen LogP contribution is 2.14. The summed E-state index contributed by atoms with van der Waals surface area (Å²) in [6, 6.07) is 14.4. The zero-order chi connectivity index (χ0) is 22.5. The van der Waals surface area contributed by atoms with E-state index in [2.05, 4.69) is 27.8 Å². The molecule has 0 aromatic heterocycles. The number of halogens is 1. The van der Waals surface area contributed by atoms with Crippen LogP contribution in [0, 0.1) is 5.82 Å². The molecule has 0 fully saturated rings. The van der Waals surface area contributed by atoms with Crippen molar-refractivity contribution >= 4 is 15.8 Å². The molecule has 0 radical (unpaired) electrons. The van der Waals surface area contributed by atoms with Gasteiger partial charge in [-0.1, -0.05) is 36.4 Å². The molecule has 0 saturated carbocycles. The number of sulfone groups is 1. The third-order valence-electron chi connectivity index (χ3n) is 4.64. The SMILES string of the molecule is CN=C(NCCCCOCCc1ccccc1)NCc1cc(F)ccc1CS(C)(=O)=O. The highest BCUT2D eigenvalue weighted by molar-refractivity contribution is 7.89. The second-order valence-corrected chi connectivity index (χ2v) is 9.53. The van der Waals surface area contributed by atoms with Crippen LogP contribution in [0.5, 0.6) is 0 Å². The van der Waals surface area contributed by atoms with Crippen molar-refractivity contribution in [3.05, 3.63) is 71.0 Å². The second kappa shape index (κ2) is 13.1. The van der Waals surface area contributed by atoms with Crippen LogP contribution in [0.1, 0.15) is 29.5 Å². The van der Waals surface area contributed by atoms with Crippen LogP contribution in [-0.4, -0.2) is 47.4 Å². The van der Waals surface area contributed by atoms with Gasteiger partial charge in [-0.2, -0.15) is 0 Å². The summed E-state index contributed by atoms with van der Waals surface area (Å²) in [5.74, 6) is 0.0597. The number of nitrogens with zero attached hydrogens (tertiary/aromatic N) is 1. The van der Waals surface area contributed by atoms with Crippen molar-refractivity contribution in [3.63, 3.8) is 0 Å². The number of guanidine groups is 1. The van der Waals surface area contributed by atoms with E-state index in [1.807, 2.05) is 18.2 Å². The normalized spacial score (nSPS) is 12.0. The van der Waals surface area contributed by atoms with E-state index in [4.69, 9.17) is 4.74 Å². The lowest BCUT2D eigenvalue weighted by Crippen LogP contribution is -2.37. The van der Waals surface area contributed by atoms with Crippen LogP contribution in [-0.2, 0) is 33.3 Å². The molecular weight excluding hydrogens is 417 g/mol. The molecular formula is C23H32FN3O3S. The van der Waals surface area contributed by atoms with Gasteiger partial charge in [0.1, 0.15) is 5.82 Å². The molecule has 170 valence electrons. The zero-order valence-corrected chi connectivity index (χ0v) is 19.1. The van der Waals surface area contributed by atoms with Crippen molar-refractivity contribution in [3.8, 4) is 0 Å². The summed E-state index contributed by atoms with van der Waals surface area (Å²) in [7, 11) is -1.55. The van der Waals surface area contributed by atoms with Gasteiger partial charge in [0.15, 0.2) is 15.8 Å². The number of hydrogen-bond donors (Lipinski definition) is 2. The summed E-state index contributed by atoms with van der Waals surface area (Å²) in [6.45, 7) is 2.43. The molecule has 0 aliphatic carbocycles. The third-order valence-corrected chi connectivity index (χ3v) is 5.48. The Kier molecular flexibility index (Phi) is 10.5. The Morgan fingerprint density at radius 3 is 2.52 bits per heavy atom. The minimum absolute atomic E-state index is 0.124. The van der Waals surface area contributed by atoms with Gasteiger partial charge in [0, 0.05) is 33.0 Å². The lowest BCUT2D eigenvalue weighted by atomic mass is 10.1. The van der Waals surface area contributed by atoms with Crippen LogP contribution in [0.25, 0.3) is 0 Å². The lowest BCUT2D eigenvalue weighted by Gasteiger charge is -2.14. The number of ether oxygens (including phenoxy) is 1. The average molecular weight is 450 g/mol. The van der Waals surface area contributed by atoms with Crippen molar-refractivity contribution in [1.29, 1.82) is 0 Å². The standard InChI is InChI=1S/C23H32FN3O3S/c1-25-23(26-13-6-7-14-30-15-12-19-8-4-3-5-9-19)27-17-21-16-22(24)11-10-20(21)18-31(2,28)29/h3-5,8-11,16H,6-7,12-15,17-18H2,1-2H3,(H2,25,26,27). The Labute approximate surface area is 184 Å². The smallest absolute Gasteiger partial charge is 0.191 e. The van der Waals surface area contributed by atoms with Crippen LogP contribution in [0.3, 0.4) is 0 Å². The quantitative estimate of drug-likeness (QED) is 0.296. The van der Waals surface area contributed by atoms with Crippen LogP contribution >= 0.6 is 0 Å². The molecule has 8 heteroatoms. The largest absolute Gasteiger partial charge is 0.381 e. The molecule has 0 heterocycles. The molecule has 6 nitrogen and oxygen atoms in total. The maximum absolute atomic E-state index is 13.6. The van der Waals surface area contributed by atoms with Crippen molar-refractivity contribution in [2.24, 2.45) is 4.99 Å². The van der Waals surface area contributed by atoms with E-state index < -0.39 is 15.7 Å². The van der Waals surface area contributed by atoms with Gasteiger partial charge in [0.05, 0.1) is 12.4 Å². The minimum Gasteiger partial charge on any atom is -0.381 e. The maximum atomic E-state index is 13.6. The van der Waals surface area contributed by atoms with Crippen LogP contribution < -0.4 is 10.6 Å². The Hall–Kier alpha value is -2.45. The number of nitrogens with one attached hydrogen (secondary N) is 2. The summed E-state index contributed by atoms with van der Waals surface area (Å²) in [4.78, 5) is 4.16. The molecule has 2 N–H and O–H groups in total. The number of unbranched alkanes of at least 4 members (excludes halogenated alkanes) is 1. The topological polar surface area (TPSA) is 79.8 Å². The van der Waals surface area contributed by atoms with Crippen LogP contribution in [0.2, 0.25) is 0 Å². The summed E-state index contributed by atoms with van der Waals surface area (Å²) >= 11 is 0. The molecule has 0 bridgehead atoms. The van der Waals surface area contributed by atoms with Crippen molar-refractivity contribution in [2.75, 3.05) is 33.1 Å². The van der Waals surface area contributed by atoms with E-state index >= 15 is 0 Å². The molecule has 0 aliphatic rings. The van der Waals surface area contributed by atoms with Crippen molar-refractivity contribution in [1.82, 2.24) is 10.6 Å². The van der Waals surface area contributed by atoms with Crippen molar-refractivity contribution in [2.45, 2.75) is 31.6 Å². The average Bonchev–Trinajstić information content (AvgIpc) is 2.73. The van der Waals surface area contributed by atoms with E-state index in [1.54, 1.807) is 7.05 Å². The van der Waals surface area contributed by atoms with Crippen molar-refractivity contribution < 1.29 is 17.5 Å². The Balaban J connectivity index is 1.66. The number of benzene rings is 2. The first-order chi connectivity index (χ1) is 14.9. The minimum atomic E-state index is -3.21. The van der Waals surface area contributed by atoms with E-state index in [-0.39, 0.29) is 12.3 Å². The molecule has 0 amide bonds. The highest BCUT2D eigenvalue weighted by Gasteiger charge is 2.11. The summed E-state index contributed by atoms with van der Waals surface area (Å²) < 4.78 is 42.5. The summed E-state index contributed by atoms with van der Waals surface area (Å²) in [5.41, 5.74) is 2.46. The van der Waals surface area contributed by atoms with Gasteiger partial charge in [-0.25, -0.2) is 12.8 Å². The number of aliphatic imine (C=N–C) groups is 1. The van der Waals surface area contributed by atoms with E-state index in [9.17, 15) is 12.8 Å². The first-order valence-corrected chi connectivity index (χ1v) is 12.4. The molecule has 0 aliphatic heterocycles. The molecule has 0 atom stereocenters. The highest BCUT2D eigenvalue weighted by atomic mass is 32.2. The zero-order valence-electron chi connectivity index (χ0n) is 18.2. The van der Waals surface area contributed by atoms with Gasteiger partial charge in [-0.05, 0) is 48.1 Å². The maximum Gasteiger partial charge on any atom is 0.191 e. The first kappa shape index (κ1) is 24.8. The Morgan fingerprint density at radius 1 is 1.03 bits per heavy atom. The third kappa shape index (κ3) is 10.4. The van der Waals surface area contributed by atoms with Gasteiger partial charge >= 0.3 is 0 Å². The van der Waals surface area contributed by atoms with E-state index in [0.29, 0.717) is 30.3 Å². The monoisotopic (exact) mass is 449 g/mol. The number of hydrogen-bond acceptors (Lipinski definition) is 4. The fourth-order valence-corrected chi connectivity index (χ4v) is 3.90. The molecule has 0 unspecified atom stereocenters. The molecule has 2 aromatic carbocycles. The molecule has 31 heavy (non-hydrogen) atoms. The van der Waals surface area contributed by atoms with Crippen LogP contribution in [0.15, 0.2) is 53.5 Å². The molecule has 0 spiro atoms. The summed E-state index contributed by atoms with van der Waals surface area (Å²) in [5, 5.41) is 6.32.